The van der Waals surface area contributed by atoms with Gasteiger partial charge in [0.15, 0.2) is 0 Å². The monoisotopic (exact) mass is 301 g/mol. The SMILES string of the molecule is CC.CNC1=CCCC(C)C=C1.O=CCCc1ccccc1. The molecule has 1 aliphatic rings. The van der Waals surface area contributed by atoms with E-state index in [-0.39, 0.29) is 0 Å². The number of hydrogen-bond donors (Lipinski definition) is 1. The number of aryl methyl sites for hydroxylation is 1. The van der Waals surface area contributed by atoms with Crippen LogP contribution in [0.3, 0.4) is 0 Å². The molecule has 0 fully saturated rings. The third kappa shape index (κ3) is 9.98. The van der Waals surface area contributed by atoms with Crippen molar-refractivity contribution in [3.05, 3.63) is 59.8 Å². The Morgan fingerprint density at radius 2 is 1.91 bits per heavy atom. The predicted octanol–water partition coefficient (Wildman–Crippen LogP) is 4.92. The summed E-state index contributed by atoms with van der Waals surface area (Å²) in [6, 6.07) is 10.0. The number of rotatable bonds is 4. The van der Waals surface area contributed by atoms with Gasteiger partial charge in [-0.25, -0.2) is 0 Å². The summed E-state index contributed by atoms with van der Waals surface area (Å²) in [5.41, 5.74) is 2.49. The van der Waals surface area contributed by atoms with Crippen LogP contribution in [0.4, 0.5) is 0 Å². The number of nitrogens with one attached hydrogen (secondary N) is 1. The molecule has 22 heavy (non-hydrogen) atoms. The van der Waals surface area contributed by atoms with Gasteiger partial charge in [-0.3, -0.25) is 0 Å². The van der Waals surface area contributed by atoms with Crippen LogP contribution < -0.4 is 5.32 Å². The zero-order chi connectivity index (χ0) is 16.6. The lowest BCUT2D eigenvalue weighted by Gasteiger charge is -1.97. The van der Waals surface area contributed by atoms with E-state index in [1.807, 2.05) is 51.2 Å². The standard InChI is InChI=1S/C9H15N.C9H10O.C2H6/c1-8-4-3-5-9(10-2)7-6-8;10-8-4-7-9-5-2-1-3-6-9;1-2/h5-8,10H,3-4H2,1-2H3;1-3,5-6,8H,4,7H2;1-2H3. The molecule has 2 heteroatoms. The molecule has 0 aromatic heterocycles. The van der Waals surface area contributed by atoms with Gasteiger partial charge in [-0.2, -0.15) is 0 Å². The zero-order valence-corrected chi connectivity index (χ0v) is 14.5. The first-order valence-electron chi connectivity index (χ1n) is 8.30. The lowest BCUT2D eigenvalue weighted by atomic mass is 10.1. The van der Waals surface area contributed by atoms with Crippen LogP contribution in [0.5, 0.6) is 0 Å². The molecular formula is C20H31NO. The number of benzene rings is 1. The highest BCUT2D eigenvalue weighted by atomic mass is 16.1. The molecule has 1 N–H and O–H groups in total. The van der Waals surface area contributed by atoms with E-state index in [0.717, 1.165) is 18.6 Å². The molecule has 1 atom stereocenters. The molecule has 1 aliphatic carbocycles. The number of carbonyl (C=O) groups excluding carboxylic acids is 1. The fourth-order valence-electron chi connectivity index (χ4n) is 1.99. The number of aldehydes is 1. The molecule has 1 aromatic carbocycles. The van der Waals surface area contributed by atoms with Gasteiger partial charge in [0, 0.05) is 19.2 Å². The third-order valence-corrected chi connectivity index (χ3v) is 3.27. The average Bonchev–Trinajstić information content (AvgIpc) is 2.80. The Kier molecular flexibility index (Phi) is 12.9. The van der Waals surface area contributed by atoms with Crippen LogP contribution in [-0.4, -0.2) is 13.3 Å². The summed E-state index contributed by atoms with van der Waals surface area (Å²) < 4.78 is 0. The molecule has 0 saturated carbocycles. The van der Waals surface area contributed by atoms with Gasteiger partial charge in [-0.1, -0.05) is 63.3 Å². The molecule has 1 aromatic rings. The second-order valence-electron chi connectivity index (χ2n) is 5.01. The van der Waals surface area contributed by atoms with Gasteiger partial charge in [0.25, 0.3) is 0 Å². The van der Waals surface area contributed by atoms with E-state index in [1.54, 1.807) is 0 Å². The van der Waals surface area contributed by atoms with Gasteiger partial charge >= 0.3 is 0 Å². The summed E-state index contributed by atoms with van der Waals surface area (Å²) in [7, 11) is 1.96. The van der Waals surface area contributed by atoms with Crippen molar-refractivity contribution in [3.63, 3.8) is 0 Å². The van der Waals surface area contributed by atoms with Crippen LogP contribution in [-0.2, 0) is 11.2 Å². The summed E-state index contributed by atoms with van der Waals surface area (Å²) in [6.45, 7) is 6.25. The predicted molar refractivity (Wildman–Crippen MR) is 96.9 cm³/mol. The van der Waals surface area contributed by atoms with E-state index in [0.29, 0.717) is 6.42 Å². The van der Waals surface area contributed by atoms with Crippen LogP contribution in [0.2, 0.25) is 0 Å². The highest BCUT2D eigenvalue weighted by Gasteiger charge is 1.99. The van der Waals surface area contributed by atoms with Crippen molar-refractivity contribution in [2.24, 2.45) is 5.92 Å². The zero-order valence-electron chi connectivity index (χ0n) is 14.5. The van der Waals surface area contributed by atoms with E-state index < -0.39 is 0 Å². The van der Waals surface area contributed by atoms with Crippen molar-refractivity contribution in [3.8, 4) is 0 Å². The number of hydrogen-bond acceptors (Lipinski definition) is 2. The maximum absolute atomic E-state index is 9.98. The summed E-state index contributed by atoms with van der Waals surface area (Å²) in [5, 5.41) is 3.14. The summed E-state index contributed by atoms with van der Waals surface area (Å²) in [5.74, 6) is 0.738. The van der Waals surface area contributed by atoms with E-state index in [1.165, 1.54) is 24.1 Å². The number of carbonyl (C=O) groups is 1. The Balaban J connectivity index is 0.000000360. The molecule has 0 amide bonds. The first-order valence-corrected chi connectivity index (χ1v) is 8.30. The van der Waals surface area contributed by atoms with Crippen LogP contribution in [0.15, 0.2) is 54.3 Å². The molecule has 0 radical (unpaired) electrons. The first-order chi connectivity index (χ1) is 10.8. The molecule has 2 rings (SSSR count). The van der Waals surface area contributed by atoms with E-state index >= 15 is 0 Å². The lowest BCUT2D eigenvalue weighted by Crippen LogP contribution is -2.01. The van der Waals surface area contributed by atoms with Crippen molar-refractivity contribution >= 4 is 6.29 Å². The molecule has 0 bridgehead atoms. The van der Waals surface area contributed by atoms with Crippen molar-refractivity contribution in [1.82, 2.24) is 5.32 Å². The van der Waals surface area contributed by atoms with Gasteiger partial charge in [-0.15, -0.1) is 0 Å². The molecular weight excluding hydrogens is 270 g/mol. The Morgan fingerprint density at radius 3 is 2.50 bits per heavy atom. The van der Waals surface area contributed by atoms with E-state index in [2.05, 4.69) is 30.5 Å². The minimum absolute atomic E-state index is 0.629. The van der Waals surface area contributed by atoms with Crippen molar-refractivity contribution in [1.29, 1.82) is 0 Å². The highest BCUT2D eigenvalue weighted by molar-refractivity contribution is 5.49. The Labute approximate surface area is 136 Å². The van der Waals surface area contributed by atoms with Gasteiger partial charge in [0.2, 0.25) is 0 Å². The topological polar surface area (TPSA) is 29.1 Å². The third-order valence-electron chi connectivity index (χ3n) is 3.27. The number of likely N-dealkylation sites (N-methyl/N-ethyl adjacent to an activating group) is 1. The molecule has 1 unspecified atom stereocenters. The minimum atomic E-state index is 0.629. The minimum Gasteiger partial charge on any atom is -0.388 e. The maximum Gasteiger partial charge on any atom is 0.120 e. The quantitative estimate of drug-likeness (QED) is 0.800. The van der Waals surface area contributed by atoms with Crippen molar-refractivity contribution in [2.75, 3.05) is 7.05 Å². The molecule has 122 valence electrons. The van der Waals surface area contributed by atoms with Crippen molar-refractivity contribution < 1.29 is 4.79 Å². The van der Waals surface area contributed by atoms with Crippen LogP contribution >= 0.6 is 0 Å². The first kappa shape index (κ1) is 20.2. The summed E-state index contributed by atoms with van der Waals surface area (Å²) in [4.78, 5) is 9.98. The number of allylic oxidation sites excluding steroid dienone is 3. The summed E-state index contributed by atoms with van der Waals surface area (Å²) >= 11 is 0. The normalized spacial score (nSPS) is 16.0. The molecule has 2 nitrogen and oxygen atoms in total. The Bertz CT molecular complexity index is 434. The fraction of sp³-hybridized carbons (Fsp3) is 0.450. The Morgan fingerprint density at radius 1 is 1.23 bits per heavy atom. The van der Waals surface area contributed by atoms with Crippen molar-refractivity contribution in [2.45, 2.75) is 46.5 Å². The molecule has 0 heterocycles. The van der Waals surface area contributed by atoms with Gasteiger partial charge in [0.05, 0.1) is 0 Å². The highest BCUT2D eigenvalue weighted by Crippen LogP contribution is 2.13. The van der Waals surface area contributed by atoms with Gasteiger partial charge in [0.1, 0.15) is 6.29 Å². The molecule has 0 aliphatic heterocycles. The smallest absolute Gasteiger partial charge is 0.120 e. The van der Waals surface area contributed by atoms with Crippen LogP contribution in [0.1, 0.15) is 45.6 Å². The largest absolute Gasteiger partial charge is 0.388 e. The maximum atomic E-state index is 9.98. The van der Waals surface area contributed by atoms with Crippen LogP contribution in [0, 0.1) is 5.92 Å². The van der Waals surface area contributed by atoms with E-state index in [4.69, 9.17) is 0 Å². The van der Waals surface area contributed by atoms with Crippen LogP contribution in [0.25, 0.3) is 0 Å². The van der Waals surface area contributed by atoms with Gasteiger partial charge in [-0.05, 0) is 36.8 Å². The second-order valence-corrected chi connectivity index (χ2v) is 5.01. The summed E-state index contributed by atoms with van der Waals surface area (Å²) in [6.07, 6.45) is 11.6. The average molecular weight is 301 g/mol. The Hall–Kier alpha value is -1.83. The van der Waals surface area contributed by atoms with E-state index in [9.17, 15) is 4.79 Å². The lowest BCUT2D eigenvalue weighted by molar-refractivity contribution is -0.107. The molecule has 0 saturated heterocycles. The second kappa shape index (κ2) is 14.1. The van der Waals surface area contributed by atoms with Gasteiger partial charge < -0.3 is 10.1 Å². The fourth-order valence-corrected chi connectivity index (χ4v) is 1.99. The molecule has 0 spiro atoms.